The van der Waals surface area contributed by atoms with Crippen molar-refractivity contribution in [1.29, 1.82) is 0 Å². The SMILES string of the molecule is NCc1ccc(C(=O)NCc2cc(C(F)(F)F)ccn2)cc1. The van der Waals surface area contributed by atoms with Crippen molar-refractivity contribution in [2.75, 3.05) is 0 Å². The average molecular weight is 309 g/mol. The highest BCUT2D eigenvalue weighted by Crippen LogP contribution is 2.28. The minimum Gasteiger partial charge on any atom is -0.346 e. The molecule has 0 aliphatic carbocycles. The molecule has 3 N–H and O–H groups in total. The number of nitrogens with two attached hydrogens (primary N) is 1. The van der Waals surface area contributed by atoms with E-state index in [1.54, 1.807) is 24.3 Å². The summed E-state index contributed by atoms with van der Waals surface area (Å²) in [5.74, 6) is -0.386. The van der Waals surface area contributed by atoms with Crippen molar-refractivity contribution in [2.45, 2.75) is 19.3 Å². The second-order valence-electron chi connectivity index (χ2n) is 4.62. The summed E-state index contributed by atoms with van der Waals surface area (Å²) in [7, 11) is 0. The van der Waals surface area contributed by atoms with E-state index in [-0.39, 0.29) is 18.1 Å². The average Bonchev–Trinajstić information content (AvgIpc) is 2.52. The van der Waals surface area contributed by atoms with Crippen LogP contribution in [0, 0.1) is 0 Å². The fraction of sp³-hybridized carbons (Fsp3) is 0.200. The molecule has 116 valence electrons. The van der Waals surface area contributed by atoms with E-state index in [4.69, 9.17) is 5.73 Å². The normalized spacial score (nSPS) is 11.3. The molecule has 22 heavy (non-hydrogen) atoms. The summed E-state index contributed by atoms with van der Waals surface area (Å²) in [6.45, 7) is 0.289. The lowest BCUT2D eigenvalue weighted by atomic mass is 10.1. The number of rotatable bonds is 4. The molecule has 0 radical (unpaired) electrons. The molecule has 4 nitrogen and oxygen atoms in total. The van der Waals surface area contributed by atoms with Crippen LogP contribution in [0.25, 0.3) is 0 Å². The van der Waals surface area contributed by atoms with Crippen molar-refractivity contribution in [2.24, 2.45) is 5.73 Å². The summed E-state index contributed by atoms with van der Waals surface area (Å²) in [6.07, 6.45) is -3.36. The zero-order valence-corrected chi connectivity index (χ0v) is 11.5. The number of nitrogens with zero attached hydrogens (tertiary/aromatic N) is 1. The van der Waals surface area contributed by atoms with Crippen LogP contribution in [0.15, 0.2) is 42.6 Å². The first-order chi connectivity index (χ1) is 10.4. The zero-order valence-electron chi connectivity index (χ0n) is 11.5. The van der Waals surface area contributed by atoms with Gasteiger partial charge in [-0.25, -0.2) is 0 Å². The Labute approximate surface area is 125 Å². The van der Waals surface area contributed by atoms with Crippen LogP contribution in [0.1, 0.15) is 27.2 Å². The fourth-order valence-electron chi connectivity index (χ4n) is 1.82. The first-order valence-corrected chi connectivity index (χ1v) is 6.49. The van der Waals surface area contributed by atoms with E-state index in [9.17, 15) is 18.0 Å². The minimum absolute atomic E-state index is 0.0820. The van der Waals surface area contributed by atoms with Gasteiger partial charge in [0.2, 0.25) is 0 Å². The van der Waals surface area contributed by atoms with Crippen LogP contribution in [-0.4, -0.2) is 10.9 Å². The Hall–Kier alpha value is -2.41. The second kappa shape index (κ2) is 6.57. The lowest BCUT2D eigenvalue weighted by Gasteiger charge is -2.09. The van der Waals surface area contributed by atoms with Crippen molar-refractivity contribution in [3.8, 4) is 0 Å². The summed E-state index contributed by atoms with van der Waals surface area (Å²) < 4.78 is 37.7. The molecule has 0 fully saturated rings. The van der Waals surface area contributed by atoms with E-state index >= 15 is 0 Å². The highest BCUT2D eigenvalue weighted by Gasteiger charge is 2.30. The standard InChI is InChI=1S/C15H14F3N3O/c16-15(17,18)12-5-6-20-13(7-12)9-21-14(22)11-3-1-10(8-19)2-4-11/h1-7H,8-9,19H2,(H,21,22). The van der Waals surface area contributed by atoms with Gasteiger partial charge in [0.05, 0.1) is 17.8 Å². The van der Waals surface area contributed by atoms with Gasteiger partial charge in [-0.1, -0.05) is 12.1 Å². The van der Waals surface area contributed by atoms with Crippen LogP contribution >= 0.6 is 0 Å². The number of pyridine rings is 1. The largest absolute Gasteiger partial charge is 0.416 e. The maximum absolute atomic E-state index is 12.6. The van der Waals surface area contributed by atoms with E-state index in [1.165, 1.54) is 0 Å². The van der Waals surface area contributed by atoms with Gasteiger partial charge in [-0.3, -0.25) is 9.78 Å². The van der Waals surface area contributed by atoms with E-state index in [0.29, 0.717) is 12.1 Å². The van der Waals surface area contributed by atoms with E-state index in [1.807, 2.05) is 0 Å². The molecule has 1 amide bonds. The Kier molecular flexibility index (Phi) is 4.77. The van der Waals surface area contributed by atoms with Crippen molar-refractivity contribution in [3.63, 3.8) is 0 Å². The third-order valence-electron chi connectivity index (χ3n) is 3.03. The molecule has 2 aromatic rings. The van der Waals surface area contributed by atoms with Crippen LogP contribution in [0.4, 0.5) is 13.2 Å². The summed E-state index contributed by atoms with van der Waals surface area (Å²) in [5.41, 5.74) is 6.10. The van der Waals surface area contributed by atoms with Crippen molar-refractivity contribution >= 4 is 5.91 Å². The minimum atomic E-state index is -4.43. The number of aromatic nitrogens is 1. The van der Waals surface area contributed by atoms with Crippen LogP contribution < -0.4 is 11.1 Å². The maximum atomic E-state index is 12.6. The van der Waals surface area contributed by atoms with E-state index in [2.05, 4.69) is 10.3 Å². The van der Waals surface area contributed by atoms with Gasteiger partial charge in [0.15, 0.2) is 0 Å². The molecule has 0 saturated heterocycles. The molecule has 7 heteroatoms. The predicted molar refractivity (Wildman–Crippen MR) is 74.7 cm³/mol. The molecule has 2 rings (SSSR count). The summed E-state index contributed by atoms with van der Waals surface area (Å²) in [4.78, 5) is 15.7. The van der Waals surface area contributed by atoms with Crippen LogP contribution in [-0.2, 0) is 19.3 Å². The molecule has 1 aromatic carbocycles. The highest BCUT2D eigenvalue weighted by atomic mass is 19.4. The van der Waals surface area contributed by atoms with Gasteiger partial charge in [0, 0.05) is 18.3 Å². The second-order valence-corrected chi connectivity index (χ2v) is 4.62. The highest BCUT2D eigenvalue weighted by molar-refractivity contribution is 5.94. The Bertz CT molecular complexity index is 654. The lowest BCUT2D eigenvalue weighted by molar-refractivity contribution is -0.137. The molecule has 0 aliphatic heterocycles. The Morgan fingerprint density at radius 2 is 1.86 bits per heavy atom. The van der Waals surface area contributed by atoms with Gasteiger partial charge < -0.3 is 11.1 Å². The monoisotopic (exact) mass is 309 g/mol. The van der Waals surface area contributed by atoms with E-state index < -0.39 is 11.7 Å². The summed E-state index contributed by atoms with van der Waals surface area (Å²) >= 11 is 0. The number of benzene rings is 1. The molecule has 1 aromatic heterocycles. The number of halogens is 3. The molecule has 0 bridgehead atoms. The molecule has 0 aliphatic rings. The number of hydrogen-bond acceptors (Lipinski definition) is 3. The van der Waals surface area contributed by atoms with Crippen LogP contribution in [0.2, 0.25) is 0 Å². The Morgan fingerprint density at radius 1 is 1.18 bits per heavy atom. The van der Waals surface area contributed by atoms with Crippen molar-refractivity contribution in [1.82, 2.24) is 10.3 Å². The number of hydrogen-bond donors (Lipinski definition) is 2. The molecule has 0 atom stereocenters. The zero-order chi connectivity index (χ0) is 16.2. The molecular formula is C15H14F3N3O. The summed E-state index contributed by atoms with van der Waals surface area (Å²) in [5, 5.41) is 2.53. The van der Waals surface area contributed by atoms with Gasteiger partial charge in [-0.05, 0) is 29.8 Å². The quantitative estimate of drug-likeness (QED) is 0.912. The molecular weight excluding hydrogens is 295 g/mol. The Morgan fingerprint density at radius 3 is 2.45 bits per heavy atom. The molecule has 1 heterocycles. The van der Waals surface area contributed by atoms with Gasteiger partial charge >= 0.3 is 6.18 Å². The predicted octanol–water partition coefficient (Wildman–Crippen LogP) is 2.49. The van der Waals surface area contributed by atoms with Gasteiger partial charge in [-0.15, -0.1) is 0 Å². The number of nitrogens with one attached hydrogen (secondary N) is 1. The third kappa shape index (κ3) is 4.05. The van der Waals surface area contributed by atoms with Gasteiger partial charge in [0.25, 0.3) is 5.91 Å². The molecule has 0 spiro atoms. The fourth-order valence-corrected chi connectivity index (χ4v) is 1.82. The van der Waals surface area contributed by atoms with Crippen LogP contribution in [0.3, 0.4) is 0 Å². The molecule has 0 unspecified atom stereocenters. The molecule has 0 saturated carbocycles. The first-order valence-electron chi connectivity index (χ1n) is 6.49. The maximum Gasteiger partial charge on any atom is 0.416 e. The van der Waals surface area contributed by atoms with E-state index in [0.717, 1.165) is 23.9 Å². The van der Waals surface area contributed by atoms with Gasteiger partial charge in [-0.2, -0.15) is 13.2 Å². The van der Waals surface area contributed by atoms with Crippen molar-refractivity contribution in [3.05, 3.63) is 65.0 Å². The number of alkyl halides is 3. The topological polar surface area (TPSA) is 68.0 Å². The lowest BCUT2D eigenvalue weighted by Crippen LogP contribution is -2.23. The number of carbonyl (C=O) groups is 1. The van der Waals surface area contributed by atoms with Crippen molar-refractivity contribution < 1.29 is 18.0 Å². The van der Waals surface area contributed by atoms with Crippen LogP contribution in [0.5, 0.6) is 0 Å². The van der Waals surface area contributed by atoms with Gasteiger partial charge in [0.1, 0.15) is 0 Å². The smallest absolute Gasteiger partial charge is 0.346 e. The summed E-state index contributed by atoms with van der Waals surface area (Å²) in [6, 6.07) is 8.46. The number of amides is 1. The Balaban J connectivity index is 2.01. The first kappa shape index (κ1) is 16.0. The third-order valence-corrected chi connectivity index (χ3v) is 3.03. The number of carbonyl (C=O) groups excluding carboxylic acids is 1.